The Balaban J connectivity index is 2.11. The van der Waals surface area contributed by atoms with E-state index >= 15 is 0 Å². The lowest BCUT2D eigenvalue weighted by Gasteiger charge is -2.30. The normalized spacial score (nSPS) is 15.6. The average Bonchev–Trinajstić information content (AvgIpc) is 3.17. The van der Waals surface area contributed by atoms with E-state index in [4.69, 9.17) is 0 Å². The third-order valence-electron chi connectivity index (χ3n) is 3.79. The van der Waals surface area contributed by atoms with Gasteiger partial charge in [-0.2, -0.15) is 13.2 Å². The molecule has 118 valence electrons. The largest absolute Gasteiger partial charge is 0.405 e. The van der Waals surface area contributed by atoms with E-state index in [9.17, 15) is 13.2 Å². The molecule has 1 aliphatic rings. The fourth-order valence-corrected chi connectivity index (χ4v) is 2.36. The van der Waals surface area contributed by atoms with Gasteiger partial charge in [0, 0.05) is 24.3 Å². The average molecular weight is 300 g/mol. The number of hydrogen-bond donors (Lipinski definition) is 1. The molecule has 0 spiro atoms. The molecule has 1 aromatic rings. The van der Waals surface area contributed by atoms with Gasteiger partial charge < -0.3 is 10.2 Å². The Morgan fingerprint density at radius 2 is 1.95 bits per heavy atom. The van der Waals surface area contributed by atoms with Crippen LogP contribution in [0.1, 0.15) is 37.8 Å². The highest BCUT2D eigenvalue weighted by molar-refractivity contribution is 5.51. The van der Waals surface area contributed by atoms with Gasteiger partial charge in [0.1, 0.15) is 6.54 Å². The molecule has 0 amide bonds. The van der Waals surface area contributed by atoms with Crippen molar-refractivity contribution in [2.75, 3.05) is 11.4 Å². The number of benzene rings is 1. The Morgan fingerprint density at radius 3 is 2.43 bits per heavy atom. The van der Waals surface area contributed by atoms with Crippen molar-refractivity contribution in [2.24, 2.45) is 0 Å². The summed E-state index contributed by atoms with van der Waals surface area (Å²) < 4.78 is 38.1. The van der Waals surface area contributed by atoms with Crippen molar-refractivity contribution in [3.8, 4) is 0 Å². The first-order valence-corrected chi connectivity index (χ1v) is 7.42. The van der Waals surface area contributed by atoms with Crippen LogP contribution in [0.5, 0.6) is 0 Å². The molecule has 1 saturated carbocycles. The second-order valence-electron chi connectivity index (χ2n) is 6.10. The number of hydrogen-bond acceptors (Lipinski definition) is 2. The third kappa shape index (κ3) is 4.92. The molecule has 5 heteroatoms. The first kappa shape index (κ1) is 16.1. The van der Waals surface area contributed by atoms with Crippen LogP contribution in [-0.2, 0) is 6.54 Å². The number of halogens is 3. The number of alkyl halides is 3. The molecule has 2 nitrogen and oxygen atoms in total. The predicted molar refractivity (Wildman–Crippen MR) is 79.6 cm³/mol. The van der Waals surface area contributed by atoms with Crippen LogP contribution in [0, 0.1) is 6.92 Å². The molecule has 0 bridgehead atoms. The highest BCUT2D eigenvalue weighted by atomic mass is 19.4. The topological polar surface area (TPSA) is 15.3 Å². The number of rotatable bonds is 6. The van der Waals surface area contributed by atoms with Crippen molar-refractivity contribution < 1.29 is 13.2 Å². The lowest BCUT2D eigenvalue weighted by atomic mass is 10.1. The molecule has 1 N–H and O–H groups in total. The Kier molecular flexibility index (Phi) is 4.81. The SMILES string of the molecule is Cc1cc(N(CC(F)(F)F)C(C)C)ccc1CNC1CC1. The molecule has 0 saturated heterocycles. The van der Waals surface area contributed by atoms with E-state index in [2.05, 4.69) is 5.32 Å². The summed E-state index contributed by atoms with van der Waals surface area (Å²) in [7, 11) is 0. The van der Waals surface area contributed by atoms with Crippen molar-refractivity contribution in [3.63, 3.8) is 0 Å². The maximum absolute atomic E-state index is 12.7. The Labute approximate surface area is 124 Å². The monoisotopic (exact) mass is 300 g/mol. The third-order valence-corrected chi connectivity index (χ3v) is 3.79. The summed E-state index contributed by atoms with van der Waals surface area (Å²) in [5.74, 6) is 0. The lowest BCUT2D eigenvalue weighted by molar-refractivity contribution is -0.120. The van der Waals surface area contributed by atoms with Crippen LogP contribution in [0.15, 0.2) is 18.2 Å². The van der Waals surface area contributed by atoms with Crippen LogP contribution < -0.4 is 10.2 Å². The van der Waals surface area contributed by atoms with E-state index in [-0.39, 0.29) is 6.04 Å². The standard InChI is InChI=1S/C16H23F3N2/c1-11(2)21(10-16(17,18)19)15-7-4-13(12(3)8-15)9-20-14-5-6-14/h4,7-8,11,14,20H,5-6,9-10H2,1-3H3. The minimum Gasteiger partial charge on any atom is -0.360 e. The molecular formula is C16H23F3N2. The lowest BCUT2D eigenvalue weighted by Crippen LogP contribution is -2.39. The number of nitrogens with zero attached hydrogens (tertiary/aromatic N) is 1. The van der Waals surface area contributed by atoms with Gasteiger partial charge >= 0.3 is 6.18 Å². The van der Waals surface area contributed by atoms with Gasteiger partial charge in [0.2, 0.25) is 0 Å². The van der Waals surface area contributed by atoms with Gasteiger partial charge in [-0.05, 0) is 56.9 Å². The Bertz CT molecular complexity index is 479. The van der Waals surface area contributed by atoms with Crippen molar-refractivity contribution in [1.82, 2.24) is 5.32 Å². The van der Waals surface area contributed by atoms with E-state index in [1.165, 1.54) is 17.7 Å². The summed E-state index contributed by atoms with van der Waals surface area (Å²) in [5, 5.41) is 3.43. The van der Waals surface area contributed by atoms with Gasteiger partial charge in [-0.3, -0.25) is 0 Å². The summed E-state index contributed by atoms with van der Waals surface area (Å²) in [5.41, 5.74) is 2.82. The van der Waals surface area contributed by atoms with Gasteiger partial charge in [0.25, 0.3) is 0 Å². The maximum Gasteiger partial charge on any atom is 0.405 e. The molecular weight excluding hydrogens is 277 g/mol. The highest BCUT2D eigenvalue weighted by Crippen LogP contribution is 2.26. The van der Waals surface area contributed by atoms with Gasteiger partial charge in [-0.15, -0.1) is 0 Å². The molecule has 0 aliphatic heterocycles. The first-order valence-electron chi connectivity index (χ1n) is 7.42. The smallest absolute Gasteiger partial charge is 0.360 e. The van der Waals surface area contributed by atoms with Crippen LogP contribution in [0.4, 0.5) is 18.9 Å². The molecule has 1 aromatic carbocycles. The first-order chi connectivity index (χ1) is 9.76. The van der Waals surface area contributed by atoms with Crippen molar-refractivity contribution >= 4 is 5.69 Å². The maximum atomic E-state index is 12.7. The Morgan fingerprint density at radius 1 is 1.29 bits per heavy atom. The van der Waals surface area contributed by atoms with Crippen LogP contribution in [0.25, 0.3) is 0 Å². The summed E-state index contributed by atoms with van der Waals surface area (Å²) >= 11 is 0. The molecule has 2 rings (SSSR count). The minimum atomic E-state index is -4.19. The van der Waals surface area contributed by atoms with Crippen LogP contribution in [0.2, 0.25) is 0 Å². The van der Waals surface area contributed by atoms with Crippen LogP contribution in [-0.4, -0.2) is 24.8 Å². The number of aryl methyl sites for hydroxylation is 1. The molecule has 0 atom stereocenters. The fourth-order valence-electron chi connectivity index (χ4n) is 2.36. The van der Waals surface area contributed by atoms with Crippen LogP contribution in [0.3, 0.4) is 0 Å². The van der Waals surface area contributed by atoms with Crippen molar-refractivity contribution in [1.29, 1.82) is 0 Å². The summed E-state index contributed by atoms with van der Waals surface area (Å²) in [4.78, 5) is 1.39. The fraction of sp³-hybridized carbons (Fsp3) is 0.625. The van der Waals surface area contributed by atoms with E-state index in [0.717, 1.165) is 17.7 Å². The minimum absolute atomic E-state index is 0.193. The van der Waals surface area contributed by atoms with Gasteiger partial charge in [-0.25, -0.2) is 0 Å². The summed E-state index contributed by atoms with van der Waals surface area (Å²) in [6, 6.07) is 6.02. The predicted octanol–water partition coefficient (Wildman–Crippen LogP) is 4.02. The van der Waals surface area contributed by atoms with Crippen molar-refractivity contribution in [2.45, 2.75) is 58.4 Å². The van der Waals surface area contributed by atoms with Crippen molar-refractivity contribution in [3.05, 3.63) is 29.3 Å². The van der Waals surface area contributed by atoms with E-state index in [1.807, 2.05) is 19.1 Å². The molecule has 0 aromatic heterocycles. The molecule has 1 aliphatic carbocycles. The molecule has 0 radical (unpaired) electrons. The summed E-state index contributed by atoms with van der Waals surface area (Å²) in [6.45, 7) is 5.40. The Hall–Kier alpha value is -1.23. The number of anilines is 1. The molecule has 21 heavy (non-hydrogen) atoms. The zero-order valence-corrected chi connectivity index (χ0v) is 12.8. The van der Waals surface area contributed by atoms with Gasteiger partial charge in [0.05, 0.1) is 0 Å². The van der Waals surface area contributed by atoms with E-state index in [1.54, 1.807) is 19.9 Å². The molecule has 1 fully saturated rings. The highest BCUT2D eigenvalue weighted by Gasteiger charge is 2.32. The van der Waals surface area contributed by atoms with E-state index in [0.29, 0.717) is 11.7 Å². The van der Waals surface area contributed by atoms with Crippen LogP contribution >= 0.6 is 0 Å². The van der Waals surface area contributed by atoms with Gasteiger partial charge in [0.15, 0.2) is 0 Å². The summed E-state index contributed by atoms with van der Waals surface area (Å²) in [6.07, 6.45) is -1.74. The van der Waals surface area contributed by atoms with E-state index < -0.39 is 12.7 Å². The molecule has 0 unspecified atom stereocenters. The quantitative estimate of drug-likeness (QED) is 0.853. The number of nitrogens with one attached hydrogen (secondary N) is 1. The molecule has 0 heterocycles. The van der Waals surface area contributed by atoms with Gasteiger partial charge in [-0.1, -0.05) is 6.07 Å². The second kappa shape index (κ2) is 6.26. The second-order valence-corrected chi connectivity index (χ2v) is 6.10. The zero-order chi connectivity index (χ0) is 15.6. The zero-order valence-electron chi connectivity index (χ0n) is 12.8.